The summed E-state index contributed by atoms with van der Waals surface area (Å²) in [5, 5.41) is 24.0. The van der Waals surface area contributed by atoms with Crippen molar-refractivity contribution in [3.63, 3.8) is 0 Å². The highest BCUT2D eigenvalue weighted by atomic mass is 16.3. The first-order valence-corrected chi connectivity index (χ1v) is 8.75. The molecule has 1 aromatic carbocycles. The number of rotatable bonds is 1. The molecular weight excluding hydrogens is 300 g/mol. The zero-order chi connectivity index (χ0) is 16.0. The summed E-state index contributed by atoms with van der Waals surface area (Å²) in [6.07, 6.45) is 7.13. The fourth-order valence-electron chi connectivity index (χ4n) is 5.51. The minimum absolute atomic E-state index is 0.242. The van der Waals surface area contributed by atoms with Gasteiger partial charge in [-0.3, -0.25) is 9.55 Å². The number of fused-ring (bicyclic) bond motifs is 2. The first-order chi connectivity index (χ1) is 11.8. The van der Waals surface area contributed by atoms with Crippen LogP contribution >= 0.6 is 0 Å². The monoisotopic (exact) mass is 318 g/mol. The Balaban J connectivity index is 1.66. The molecule has 0 radical (unpaired) electrons. The summed E-state index contributed by atoms with van der Waals surface area (Å²) in [6, 6.07) is 7.84. The van der Waals surface area contributed by atoms with Crippen molar-refractivity contribution in [1.82, 2.24) is 9.55 Å². The van der Waals surface area contributed by atoms with E-state index in [1.807, 2.05) is 30.5 Å². The third-order valence-electron chi connectivity index (χ3n) is 6.55. The highest BCUT2D eigenvalue weighted by molar-refractivity contribution is 5.90. The molecule has 0 unspecified atom stereocenters. The van der Waals surface area contributed by atoms with Crippen molar-refractivity contribution in [1.29, 1.82) is 0 Å². The zero-order valence-electron chi connectivity index (χ0n) is 13.2. The molecule has 4 aliphatic rings. The number of nitrogens with zero attached hydrogens (tertiary/aromatic N) is 2. The third-order valence-corrected chi connectivity index (χ3v) is 6.55. The van der Waals surface area contributed by atoms with Gasteiger partial charge < -0.3 is 10.2 Å². The minimum Gasteiger partial charge on any atom is -0.494 e. The van der Waals surface area contributed by atoms with Gasteiger partial charge in [-0.25, -0.2) is 0 Å². The molecule has 2 saturated carbocycles. The van der Waals surface area contributed by atoms with E-state index in [0.29, 0.717) is 11.8 Å². The van der Waals surface area contributed by atoms with Gasteiger partial charge in [-0.15, -0.1) is 0 Å². The number of aromatic hydroxyl groups is 2. The van der Waals surface area contributed by atoms with E-state index in [-0.39, 0.29) is 11.8 Å². The lowest BCUT2D eigenvalue weighted by atomic mass is 9.68. The van der Waals surface area contributed by atoms with E-state index < -0.39 is 0 Å². The van der Waals surface area contributed by atoms with Gasteiger partial charge in [0, 0.05) is 34.3 Å². The van der Waals surface area contributed by atoms with Crippen molar-refractivity contribution in [2.45, 2.75) is 31.1 Å². The van der Waals surface area contributed by atoms with Crippen molar-refractivity contribution in [3.8, 4) is 17.4 Å². The van der Waals surface area contributed by atoms with Crippen molar-refractivity contribution >= 4 is 10.8 Å². The molecule has 2 heterocycles. The number of benzene rings is 1. The van der Waals surface area contributed by atoms with Gasteiger partial charge in [0.15, 0.2) is 0 Å². The van der Waals surface area contributed by atoms with Gasteiger partial charge in [0.2, 0.25) is 11.8 Å². The van der Waals surface area contributed by atoms with Crippen molar-refractivity contribution in [3.05, 3.63) is 47.8 Å². The van der Waals surface area contributed by atoms with Gasteiger partial charge in [-0.2, -0.15) is 0 Å². The van der Waals surface area contributed by atoms with Crippen LogP contribution in [0.3, 0.4) is 0 Å². The highest BCUT2D eigenvalue weighted by Gasteiger charge is 2.58. The Bertz CT molecular complexity index is 962. The van der Waals surface area contributed by atoms with Crippen molar-refractivity contribution in [2.24, 2.45) is 11.8 Å². The molecule has 4 nitrogen and oxygen atoms in total. The van der Waals surface area contributed by atoms with Crippen LogP contribution in [0.1, 0.15) is 42.2 Å². The largest absolute Gasteiger partial charge is 0.494 e. The molecule has 7 rings (SSSR count). The molecule has 4 atom stereocenters. The van der Waals surface area contributed by atoms with Crippen LogP contribution < -0.4 is 0 Å². The normalized spacial score (nSPS) is 29.5. The molecule has 2 fully saturated rings. The maximum atomic E-state index is 11.0. The number of pyridine rings is 1. The first kappa shape index (κ1) is 12.9. The number of hydrogen-bond donors (Lipinski definition) is 2. The highest BCUT2D eigenvalue weighted by Crippen LogP contribution is 2.70. The van der Waals surface area contributed by atoms with E-state index in [4.69, 9.17) is 0 Å². The fourth-order valence-corrected chi connectivity index (χ4v) is 5.51. The van der Waals surface area contributed by atoms with Crippen LogP contribution in [0.2, 0.25) is 0 Å². The predicted octanol–water partition coefficient (Wildman–Crippen LogP) is 4.05. The van der Waals surface area contributed by atoms with E-state index in [9.17, 15) is 10.2 Å². The molecule has 4 heteroatoms. The van der Waals surface area contributed by atoms with Gasteiger partial charge in [0.1, 0.15) is 0 Å². The minimum atomic E-state index is 0.242. The van der Waals surface area contributed by atoms with Gasteiger partial charge in [0.25, 0.3) is 0 Å². The summed E-state index contributed by atoms with van der Waals surface area (Å²) in [5.74, 6) is 2.81. The second-order valence-electron chi connectivity index (χ2n) is 7.54. The van der Waals surface area contributed by atoms with Crippen LogP contribution in [-0.2, 0) is 0 Å². The second kappa shape index (κ2) is 4.12. The van der Waals surface area contributed by atoms with E-state index >= 15 is 0 Å². The van der Waals surface area contributed by atoms with Crippen LogP contribution in [0.25, 0.3) is 16.5 Å². The molecule has 3 aromatic rings. The molecule has 4 aliphatic carbocycles. The van der Waals surface area contributed by atoms with Crippen LogP contribution in [0.15, 0.2) is 36.7 Å². The molecule has 2 aromatic heterocycles. The summed E-state index contributed by atoms with van der Waals surface area (Å²) in [5.41, 5.74) is 2.87. The van der Waals surface area contributed by atoms with Crippen LogP contribution in [0.5, 0.6) is 11.8 Å². The summed E-state index contributed by atoms with van der Waals surface area (Å²) in [6.45, 7) is 0. The number of aromatic nitrogens is 2. The Morgan fingerprint density at radius 1 is 0.958 bits per heavy atom. The van der Waals surface area contributed by atoms with E-state index in [2.05, 4.69) is 4.98 Å². The van der Waals surface area contributed by atoms with E-state index in [1.165, 1.54) is 6.42 Å². The smallest absolute Gasteiger partial charge is 0.202 e. The molecule has 0 aliphatic heterocycles. The van der Waals surface area contributed by atoms with Crippen LogP contribution in [-0.4, -0.2) is 19.8 Å². The van der Waals surface area contributed by atoms with Gasteiger partial charge in [-0.1, -0.05) is 12.1 Å². The third kappa shape index (κ3) is 1.38. The Hall–Kier alpha value is -2.49. The van der Waals surface area contributed by atoms with E-state index in [1.54, 1.807) is 10.8 Å². The molecule has 0 spiro atoms. The lowest BCUT2D eigenvalue weighted by Crippen LogP contribution is -2.22. The Labute approximate surface area is 139 Å². The Kier molecular flexibility index (Phi) is 2.21. The first-order valence-electron chi connectivity index (χ1n) is 8.75. The van der Waals surface area contributed by atoms with Crippen molar-refractivity contribution < 1.29 is 10.2 Å². The lowest BCUT2D eigenvalue weighted by Gasteiger charge is -2.35. The van der Waals surface area contributed by atoms with E-state index in [0.717, 1.165) is 52.3 Å². The molecule has 2 bridgehead atoms. The van der Waals surface area contributed by atoms with Gasteiger partial charge >= 0.3 is 0 Å². The summed E-state index contributed by atoms with van der Waals surface area (Å²) in [7, 11) is 0. The van der Waals surface area contributed by atoms with Gasteiger partial charge in [0.05, 0.1) is 5.69 Å². The molecular formula is C20H18N2O2. The Morgan fingerprint density at radius 3 is 2.38 bits per heavy atom. The maximum Gasteiger partial charge on any atom is 0.202 e. The van der Waals surface area contributed by atoms with Gasteiger partial charge in [-0.05, 0) is 55.1 Å². The predicted molar refractivity (Wildman–Crippen MR) is 90.7 cm³/mol. The second-order valence-corrected chi connectivity index (χ2v) is 7.54. The topological polar surface area (TPSA) is 58.3 Å². The standard InChI is InChI=1S/C20H18N2O2/c23-19-17-12-4-5-13(15-8-14(12)15)18(17)20(24)22(19)16-3-1-2-10-9-21-7-6-11(10)16/h1-3,6-7,9,12-15,23-24H,4-5,8H2/t12-,13+,14+,15-. The number of hydrogen-bond acceptors (Lipinski definition) is 3. The summed E-state index contributed by atoms with van der Waals surface area (Å²) in [4.78, 5) is 4.17. The molecule has 0 amide bonds. The summed E-state index contributed by atoms with van der Waals surface area (Å²) >= 11 is 0. The Morgan fingerprint density at radius 2 is 1.67 bits per heavy atom. The molecule has 2 N–H and O–H groups in total. The summed E-state index contributed by atoms with van der Waals surface area (Å²) < 4.78 is 1.66. The zero-order valence-corrected chi connectivity index (χ0v) is 13.2. The maximum absolute atomic E-state index is 11.0. The molecule has 24 heavy (non-hydrogen) atoms. The lowest BCUT2D eigenvalue weighted by molar-refractivity contribution is 0.322. The SMILES string of the molecule is Oc1c2c(c(O)n1-c1cccc3cnccc13)[C@@H]1CC[C@H]2[C@H]2C[C@H]21. The average Bonchev–Trinajstić information content (AvgIpc) is 3.39. The van der Waals surface area contributed by atoms with Crippen LogP contribution in [0, 0.1) is 11.8 Å². The van der Waals surface area contributed by atoms with Crippen LogP contribution in [0.4, 0.5) is 0 Å². The fraction of sp³-hybridized carbons (Fsp3) is 0.350. The molecule has 120 valence electrons. The molecule has 0 saturated heterocycles. The van der Waals surface area contributed by atoms with Crippen molar-refractivity contribution in [2.75, 3.05) is 0 Å². The average molecular weight is 318 g/mol. The quantitative estimate of drug-likeness (QED) is 0.712.